The van der Waals surface area contributed by atoms with Gasteiger partial charge in [-0.25, -0.2) is 4.39 Å². The van der Waals surface area contributed by atoms with E-state index in [4.69, 9.17) is 10.8 Å². The Bertz CT molecular complexity index is 143. The number of hydrogen-bond donors (Lipinski definition) is 2. The van der Waals surface area contributed by atoms with E-state index in [1.54, 1.807) is 6.92 Å². The van der Waals surface area contributed by atoms with Crippen molar-refractivity contribution in [2.24, 2.45) is 11.1 Å². The van der Waals surface area contributed by atoms with Crippen molar-refractivity contribution in [2.45, 2.75) is 26.4 Å². The highest BCUT2D eigenvalue weighted by molar-refractivity contribution is 5.75. The predicted octanol–water partition coefficient (Wildman–Crippen LogP) is 0.784. The van der Waals surface area contributed by atoms with E-state index in [-0.39, 0.29) is 13.0 Å². The molecule has 0 aliphatic heterocycles. The zero-order valence-electron chi connectivity index (χ0n) is 6.80. The minimum absolute atomic E-state index is 0.156. The van der Waals surface area contributed by atoms with Crippen LogP contribution >= 0.6 is 0 Å². The first-order chi connectivity index (χ1) is 5.01. The molecule has 11 heavy (non-hydrogen) atoms. The molecule has 0 aromatic rings. The average molecular weight is 163 g/mol. The van der Waals surface area contributed by atoms with Crippen LogP contribution in [0, 0.1) is 5.41 Å². The smallest absolute Gasteiger partial charge is 0.313 e. The van der Waals surface area contributed by atoms with E-state index in [9.17, 15) is 9.18 Å². The summed E-state index contributed by atoms with van der Waals surface area (Å²) in [6, 6.07) is 0. The van der Waals surface area contributed by atoms with Crippen LogP contribution in [0.3, 0.4) is 0 Å². The van der Waals surface area contributed by atoms with Gasteiger partial charge in [-0.1, -0.05) is 6.92 Å². The largest absolute Gasteiger partial charge is 0.481 e. The minimum atomic E-state index is -1.41. The molecular weight excluding hydrogens is 149 g/mol. The van der Waals surface area contributed by atoms with Gasteiger partial charge in [0.25, 0.3) is 0 Å². The Morgan fingerprint density at radius 1 is 1.82 bits per heavy atom. The van der Waals surface area contributed by atoms with Crippen molar-refractivity contribution in [3.63, 3.8) is 0 Å². The maximum Gasteiger partial charge on any atom is 0.313 e. The Labute approximate surface area is 65.4 Å². The quantitative estimate of drug-likeness (QED) is 0.643. The van der Waals surface area contributed by atoms with Crippen LogP contribution in [-0.2, 0) is 4.79 Å². The van der Waals surface area contributed by atoms with Gasteiger partial charge >= 0.3 is 5.97 Å². The molecule has 0 radical (unpaired) electrons. The highest BCUT2D eigenvalue weighted by atomic mass is 19.1. The van der Waals surface area contributed by atoms with Gasteiger partial charge in [0.15, 0.2) is 0 Å². The van der Waals surface area contributed by atoms with Crippen molar-refractivity contribution in [3.05, 3.63) is 0 Å². The highest BCUT2D eigenvalue weighted by Gasteiger charge is 2.41. The Balaban J connectivity index is 4.61. The monoisotopic (exact) mass is 163 g/mol. The number of carboxylic acid groups (broad SMARTS) is 1. The summed E-state index contributed by atoms with van der Waals surface area (Å²) >= 11 is 0. The van der Waals surface area contributed by atoms with Gasteiger partial charge in [0, 0.05) is 6.54 Å². The minimum Gasteiger partial charge on any atom is -0.481 e. The van der Waals surface area contributed by atoms with Gasteiger partial charge < -0.3 is 10.8 Å². The topological polar surface area (TPSA) is 63.3 Å². The number of halogens is 1. The number of hydrogen-bond acceptors (Lipinski definition) is 2. The zero-order chi connectivity index (χ0) is 9.07. The van der Waals surface area contributed by atoms with Crippen LogP contribution in [0.25, 0.3) is 0 Å². The van der Waals surface area contributed by atoms with Crippen molar-refractivity contribution < 1.29 is 14.3 Å². The van der Waals surface area contributed by atoms with E-state index >= 15 is 0 Å². The van der Waals surface area contributed by atoms with E-state index in [0.29, 0.717) is 0 Å². The number of rotatable bonds is 4. The van der Waals surface area contributed by atoms with Crippen LogP contribution in [0.15, 0.2) is 0 Å². The third-order valence-electron chi connectivity index (χ3n) is 2.18. The average Bonchev–Trinajstić information content (AvgIpc) is 1.90. The van der Waals surface area contributed by atoms with E-state index in [2.05, 4.69) is 0 Å². The lowest BCUT2D eigenvalue weighted by atomic mass is 9.81. The van der Waals surface area contributed by atoms with Crippen LogP contribution < -0.4 is 5.73 Å². The molecular formula is C7H14FNO2. The maximum absolute atomic E-state index is 12.8. The summed E-state index contributed by atoms with van der Waals surface area (Å²) in [5.74, 6) is -1.16. The lowest BCUT2D eigenvalue weighted by Gasteiger charge is -2.27. The summed E-state index contributed by atoms with van der Waals surface area (Å²) in [4.78, 5) is 10.6. The summed E-state index contributed by atoms with van der Waals surface area (Å²) in [5.41, 5.74) is 3.81. The van der Waals surface area contributed by atoms with Gasteiger partial charge in [0.1, 0.15) is 11.6 Å². The lowest BCUT2D eigenvalue weighted by Crippen LogP contribution is -2.44. The Kier molecular flexibility index (Phi) is 3.45. The molecule has 0 bridgehead atoms. The van der Waals surface area contributed by atoms with Crippen molar-refractivity contribution in [1.29, 1.82) is 0 Å². The molecule has 0 saturated heterocycles. The first kappa shape index (κ1) is 10.4. The second kappa shape index (κ2) is 3.67. The second-order valence-corrected chi connectivity index (χ2v) is 2.63. The normalized spacial score (nSPS) is 18.9. The molecule has 0 heterocycles. The maximum atomic E-state index is 12.8. The van der Waals surface area contributed by atoms with Gasteiger partial charge in [0.05, 0.1) is 0 Å². The molecule has 0 aliphatic rings. The molecule has 0 spiro atoms. The zero-order valence-corrected chi connectivity index (χ0v) is 6.80. The van der Waals surface area contributed by atoms with Gasteiger partial charge in [0.2, 0.25) is 0 Å². The van der Waals surface area contributed by atoms with Crippen molar-refractivity contribution in [2.75, 3.05) is 6.54 Å². The second-order valence-electron chi connectivity index (χ2n) is 2.63. The predicted molar refractivity (Wildman–Crippen MR) is 40.0 cm³/mol. The fourth-order valence-corrected chi connectivity index (χ4v) is 0.997. The first-order valence-electron chi connectivity index (χ1n) is 3.58. The SMILES string of the molecule is CCC(CN)(C(=O)O)C(C)F. The van der Waals surface area contributed by atoms with Gasteiger partial charge in [-0.05, 0) is 13.3 Å². The molecule has 0 fully saturated rings. The first-order valence-corrected chi connectivity index (χ1v) is 3.58. The Morgan fingerprint density at radius 2 is 2.27 bits per heavy atom. The molecule has 2 unspecified atom stereocenters. The van der Waals surface area contributed by atoms with Crippen LogP contribution in [0.2, 0.25) is 0 Å². The van der Waals surface area contributed by atoms with Crippen LogP contribution in [0.4, 0.5) is 4.39 Å². The highest BCUT2D eigenvalue weighted by Crippen LogP contribution is 2.27. The summed E-state index contributed by atoms with van der Waals surface area (Å²) in [6.45, 7) is 2.69. The number of aliphatic carboxylic acids is 1. The van der Waals surface area contributed by atoms with Gasteiger partial charge in [-0.15, -0.1) is 0 Å². The van der Waals surface area contributed by atoms with Crippen molar-refractivity contribution in [1.82, 2.24) is 0 Å². The van der Waals surface area contributed by atoms with E-state index in [1.165, 1.54) is 6.92 Å². The molecule has 66 valence electrons. The molecule has 0 saturated carbocycles. The van der Waals surface area contributed by atoms with Gasteiger partial charge in [-0.2, -0.15) is 0 Å². The van der Waals surface area contributed by atoms with Crippen LogP contribution in [-0.4, -0.2) is 23.8 Å². The number of carbonyl (C=O) groups is 1. The number of alkyl halides is 1. The molecule has 0 aliphatic carbocycles. The summed E-state index contributed by atoms with van der Waals surface area (Å²) < 4.78 is 12.8. The molecule has 4 heteroatoms. The van der Waals surface area contributed by atoms with Crippen LogP contribution in [0.5, 0.6) is 0 Å². The third-order valence-corrected chi connectivity index (χ3v) is 2.18. The van der Waals surface area contributed by atoms with Crippen molar-refractivity contribution in [3.8, 4) is 0 Å². The number of carboxylic acids is 1. The third kappa shape index (κ3) is 1.68. The fourth-order valence-electron chi connectivity index (χ4n) is 0.997. The molecule has 0 aromatic heterocycles. The Morgan fingerprint density at radius 3 is 2.27 bits per heavy atom. The summed E-state index contributed by atoms with van der Waals surface area (Å²) in [6.07, 6.45) is -1.19. The standard InChI is InChI=1S/C7H14FNO2/c1-3-7(4-9,5(2)8)6(10)11/h5H,3-4,9H2,1-2H3,(H,10,11). The van der Waals surface area contributed by atoms with Crippen molar-refractivity contribution >= 4 is 5.97 Å². The van der Waals surface area contributed by atoms with E-state index < -0.39 is 17.6 Å². The molecule has 3 N–H and O–H groups in total. The summed E-state index contributed by atoms with van der Waals surface area (Å²) in [5, 5.41) is 8.67. The Hall–Kier alpha value is -0.640. The molecule has 0 rings (SSSR count). The lowest BCUT2D eigenvalue weighted by molar-refractivity contribution is -0.152. The van der Waals surface area contributed by atoms with E-state index in [0.717, 1.165) is 0 Å². The van der Waals surface area contributed by atoms with Crippen LogP contribution in [0.1, 0.15) is 20.3 Å². The summed E-state index contributed by atoms with van der Waals surface area (Å²) in [7, 11) is 0. The molecule has 0 amide bonds. The van der Waals surface area contributed by atoms with E-state index in [1.807, 2.05) is 0 Å². The molecule has 0 aromatic carbocycles. The fraction of sp³-hybridized carbons (Fsp3) is 0.857. The number of nitrogens with two attached hydrogens (primary N) is 1. The molecule has 2 atom stereocenters. The van der Waals surface area contributed by atoms with Gasteiger partial charge in [-0.3, -0.25) is 4.79 Å². The molecule has 3 nitrogen and oxygen atoms in total.